The summed E-state index contributed by atoms with van der Waals surface area (Å²) in [7, 11) is 0. The molecule has 0 saturated heterocycles. The molecule has 0 atom stereocenters. The van der Waals surface area contributed by atoms with Gasteiger partial charge in [0.1, 0.15) is 11.6 Å². The molecular formula is C9H7BrF2O. The van der Waals surface area contributed by atoms with Crippen molar-refractivity contribution in [2.24, 2.45) is 0 Å². The van der Waals surface area contributed by atoms with E-state index in [1.807, 2.05) is 0 Å². The maximum absolute atomic E-state index is 13.1. The van der Waals surface area contributed by atoms with Gasteiger partial charge in [0.05, 0.1) is 10.1 Å². The summed E-state index contributed by atoms with van der Waals surface area (Å²) in [5, 5.41) is 9.61. The van der Waals surface area contributed by atoms with E-state index in [2.05, 4.69) is 15.9 Å². The van der Waals surface area contributed by atoms with Crippen molar-refractivity contribution in [1.82, 2.24) is 0 Å². The Labute approximate surface area is 82.5 Å². The average Bonchev–Trinajstić information content (AvgIpc) is 2.77. The van der Waals surface area contributed by atoms with Gasteiger partial charge >= 0.3 is 0 Å². The van der Waals surface area contributed by atoms with Gasteiger partial charge in [-0.3, -0.25) is 0 Å². The van der Waals surface area contributed by atoms with Crippen LogP contribution in [0.1, 0.15) is 18.4 Å². The molecule has 1 fully saturated rings. The number of halogens is 3. The second-order valence-electron chi connectivity index (χ2n) is 3.28. The maximum atomic E-state index is 13.1. The summed E-state index contributed by atoms with van der Waals surface area (Å²) in [6.45, 7) is 0. The molecule has 0 bridgehead atoms. The Bertz CT molecular complexity index is 361. The number of aliphatic hydroxyl groups is 1. The first kappa shape index (κ1) is 9.09. The van der Waals surface area contributed by atoms with Crippen molar-refractivity contribution >= 4 is 15.9 Å². The summed E-state index contributed by atoms with van der Waals surface area (Å²) in [4.78, 5) is 0. The molecule has 0 unspecified atom stereocenters. The smallest absolute Gasteiger partial charge is 0.140 e. The van der Waals surface area contributed by atoms with Crippen molar-refractivity contribution in [2.75, 3.05) is 0 Å². The highest BCUT2D eigenvalue weighted by Crippen LogP contribution is 2.47. The molecular weight excluding hydrogens is 242 g/mol. The third-order valence-corrected chi connectivity index (χ3v) is 2.84. The molecule has 1 aromatic rings. The Morgan fingerprint density at radius 1 is 1.23 bits per heavy atom. The Morgan fingerprint density at radius 2 is 1.85 bits per heavy atom. The van der Waals surface area contributed by atoms with Crippen LogP contribution in [0.4, 0.5) is 8.78 Å². The molecule has 0 aromatic heterocycles. The summed E-state index contributed by atoms with van der Waals surface area (Å²) in [6, 6.07) is 2.09. The fourth-order valence-electron chi connectivity index (χ4n) is 1.27. The van der Waals surface area contributed by atoms with E-state index in [0.717, 1.165) is 6.07 Å². The lowest BCUT2D eigenvalue weighted by Gasteiger charge is -2.09. The minimum atomic E-state index is -1.06. The van der Waals surface area contributed by atoms with Crippen LogP contribution >= 0.6 is 15.9 Å². The summed E-state index contributed by atoms with van der Waals surface area (Å²) >= 11 is 2.95. The molecule has 0 heterocycles. The minimum Gasteiger partial charge on any atom is -0.385 e. The van der Waals surface area contributed by atoms with Crippen molar-refractivity contribution in [1.29, 1.82) is 0 Å². The summed E-state index contributed by atoms with van der Waals surface area (Å²) < 4.78 is 26.1. The lowest BCUT2D eigenvalue weighted by Crippen LogP contribution is -2.07. The number of rotatable bonds is 1. The average molecular weight is 249 g/mol. The zero-order chi connectivity index (χ0) is 9.64. The second-order valence-corrected chi connectivity index (χ2v) is 4.13. The third-order valence-electron chi connectivity index (χ3n) is 2.23. The van der Waals surface area contributed by atoms with Crippen molar-refractivity contribution in [3.63, 3.8) is 0 Å². The van der Waals surface area contributed by atoms with Crippen LogP contribution in [0.5, 0.6) is 0 Å². The first-order valence-corrected chi connectivity index (χ1v) is 4.70. The van der Waals surface area contributed by atoms with Gasteiger partial charge in [-0.2, -0.15) is 0 Å². The maximum Gasteiger partial charge on any atom is 0.140 e. The van der Waals surface area contributed by atoms with Gasteiger partial charge in [0.15, 0.2) is 0 Å². The van der Waals surface area contributed by atoms with E-state index < -0.39 is 17.2 Å². The Balaban J connectivity index is 2.52. The van der Waals surface area contributed by atoms with Crippen LogP contribution in [0.3, 0.4) is 0 Å². The number of benzene rings is 1. The van der Waals surface area contributed by atoms with Gasteiger partial charge in [-0.15, -0.1) is 0 Å². The van der Waals surface area contributed by atoms with E-state index in [-0.39, 0.29) is 10.0 Å². The van der Waals surface area contributed by atoms with Gasteiger partial charge in [-0.05, 0) is 34.8 Å². The molecule has 1 aromatic carbocycles. The Morgan fingerprint density at radius 3 is 2.38 bits per heavy atom. The zero-order valence-corrected chi connectivity index (χ0v) is 8.24. The minimum absolute atomic E-state index is 0.181. The van der Waals surface area contributed by atoms with E-state index >= 15 is 0 Å². The fourth-order valence-corrected chi connectivity index (χ4v) is 1.61. The molecule has 0 radical (unpaired) electrons. The molecule has 0 aliphatic heterocycles. The molecule has 1 nitrogen and oxygen atoms in total. The van der Waals surface area contributed by atoms with E-state index in [1.165, 1.54) is 6.07 Å². The SMILES string of the molecule is OC1(c2cc(Br)c(F)cc2F)CC1. The highest BCUT2D eigenvalue weighted by Gasteiger charge is 2.44. The van der Waals surface area contributed by atoms with Crippen molar-refractivity contribution < 1.29 is 13.9 Å². The molecule has 0 amide bonds. The number of hydrogen-bond donors (Lipinski definition) is 1. The summed E-state index contributed by atoms with van der Waals surface area (Å²) in [5.74, 6) is -1.33. The van der Waals surface area contributed by atoms with E-state index in [9.17, 15) is 13.9 Å². The Hall–Kier alpha value is -0.480. The van der Waals surface area contributed by atoms with Gasteiger partial charge in [-0.25, -0.2) is 8.78 Å². The highest BCUT2D eigenvalue weighted by atomic mass is 79.9. The van der Waals surface area contributed by atoms with Gasteiger partial charge in [0.2, 0.25) is 0 Å². The van der Waals surface area contributed by atoms with Crippen molar-refractivity contribution in [2.45, 2.75) is 18.4 Å². The topological polar surface area (TPSA) is 20.2 Å². The monoisotopic (exact) mass is 248 g/mol. The van der Waals surface area contributed by atoms with E-state index in [4.69, 9.17) is 0 Å². The third kappa shape index (κ3) is 1.48. The second kappa shape index (κ2) is 2.75. The lowest BCUT2D eigenvalue weighted by atomic mass is 10.1. The summed E-state index contributed by atoms with van der Waals surface area (Å²) in [6.07, 6.45) is 1.09. The predicted molar refractivity (Wildman–Crippen MR) is 47.2 cm³/mol. The molecule has 4 heteroatoms. The van der Waals surface area contributed by atoms with Crippen LogP contribution in [0.15, 0.2) is 16.6 Å². The molecule has 1 aliphatic carbocycles. The Kier molecular flexibility index (Phi) is 1.92. The lowest BCUT2D eigenvalue weighted by molar-refractivity contribution is 0.146. The van der Waals surface area contributed by atoms with Crippen LogP contribution in [0, 0.1) is 11.6 Å². The van der Waals surface area contributed by atoms with Crippen LogP contribution in [0.25, 0.3) is 0 Å². The highest BCUT2D eigenvalue weighted by molar-refractivity contribution is 9.10. The molecule has 0 spiro atoms. The standard InChI is InChI=1S/C9H7BrF2O/c10-6-3-5(9(13)1-2-9)7(11)4-8(6)12/h3-4,13H,1-2H2. The predicted octanol–water partition coefficient (Wildman–Crippen LogP) is 2.71. The van der Waals surface area contributed by atoms with Gasteiger partial charge in [0.25, 0.3) is 0 Å². The van der Waals surface area contributed by atoms with Gasteiger partial charge < -0.3 is 5.11 Å². The zero-order valence-electron chi connectivity index (χ0n) is 6.65. The van der Waals surface area contributed by atoms with Crippen LogP contribution in [0.2, 0.25) is 0 Å². The number of hydrogen-bond acceptors (Lipinski definition) is 1. The molecule has 13 heavy (non-hydrogen) atoms. The normalized spacial score (nSPS) is 18.8. The summed E-state index contributed by atoms with van der Waals surface area (Å²) in [5.41, 5.74) is -0.874. The van der Waals surface area contributed by atoms with Crippen molar-refractivity contribution in [3.8, 4) is 0 Å². The molecule has 2 rings (SSSR count). The first-order valence-electron chi connectivity index (χ1n) is 3.90. The van der Waals surface area contributed by atoms with Gasteiger partial charge in [-0.1, -0.05) is 0 Å². The molecule has 1 aliphatic rings. The van der Waals surface area contributed by atoms with E-state index in [0.29, 0.717) is 12.8 Å². The molecule has 1 saturated carbocycles. The van der Waals surface area contributed by atoms with Crippen LogP contribution in [-0.2, 0) is 5.60 Å². The largest absolute Gasteiger partial charge is 0.385 e. The fraction of sp³-hybridized carbons (Fsp3) is 0.333. The van der Waals surface area contributed by atoms with Gasteiger partial charge in [0, 0.05) is 11.6 Å². The molecule has 1 N–H and O–H groups in total. The first-order chi connectivity index (χ1) is 6.03. The van der Waals surface area contributed by atoms with Crippen LogP contribution < -0.4 is 0 Å². The van der Waals surface area contributed by atoms with Crippen LogP contribution in [-0.4, -0.2) is 5.11 Å². The quantitative estimate of drug-likeness (QED) is 0.758. The van der Waals surface area contributed by atoms with E-state index in [1.54, 1.807) is 0 Å². The molecule has 70 valence electrons. The van der Waals surface area contributed by atoms with Crippen molar-refractivity contribution in [3.05, 3.63) is 33.8 Å².